The molecular formula is C13H18FNO4. The fourth-order valence-corrected chi connectivity index (χ4v) is 1.70. The number of aromatic carboxylic acids is 1. The third kappa shape index (κ3) is 4.94. The first-order chi connectivity index (χ1) is 9.08. The standard InChI is InChI=1S/C13H18FNO4/c1-19-8-11(4-5-16)15-7-10-6-9(13(17)18)2-3-12(10)14/h2-3,6,11,15-16H,4-5,7-8H2,1H3,(H,17,18). The molecule has 0 fully saturated rings. The van der Waals surface area contributed by atoms with Crippen LogP contribution in [-0.4, -0.2) is 42.5 Å². The fraction of sp³-hybridized carbons (Fsp3) is 0.462. The summed E-state index contributed by atoms with van der Waals surface area (Å²) >= 11 is 0. The lowest BCUT2D eigenvalue weighted by atomic mass is 10.1. The largest absolute Gasteiger partial charge is 0.478 e. The molecule has 0 saturated heterocycles. The molecule has 0 saturated carbocycles. The summed E-state index contributed by atoms with van der Waals surface area (Å²) in [4.78, 5) is 10.8. The van der Waals surface area contributed by atoms with Crippen LogP contribution in [0.25, 0.3) is 0 Å². The first kappa shape index (κ1) is 15.6. The lowest BCUT2D eigenvalue weighted by Crippen LogP contribution is -2.33. The van der Waals surface area contributed by atoms with Gasteiger partial charge in [-0.25, -0.2) is 9.18 Å². The number of carboxylic acid groups (broad SMARTS) is 1. The first-order valence-corrected chi connectivity index (χ1v) is 5.93. The lowest BCUT2D eigenvalue weighted by Gasteiger charge is -2.17. The molecule has 0 spiro atoms. The highest BCUT2D eigenvalue weighted by atomic mass is 19.1. The summed E-state index contributed by atoms with van der Waals surface area (Å²) in [6.07, 6.45) is 0.480. The van der Waals surface area contributed by atoms with Gasteiger partial charge in [-0.15, -0.1) is 0 Å². The number of halogens is 1. The molecule has 19 heavy (non-hydrogen) atoms. The van der Waals surface area contributed by atoms with E-state index in [0.717, 1.165) is 6.07 Å². The van der Waals surface area contributed by atoms with Gasteiger partial charge in [-0.3, -0.25) is 0 Å². The molecule has 0 aliphatic carbocycles. The van der Waals surface area contributed by atoms with E-state index in [9.17, 15) is 9.18 Å². The Bertz CT molecular complexity index is 419. The first-order valence-electron chi connectivity index (χ1n) is 5.93. The maximum absolute atomic E-state index is 13.5. The Morgan fingerprint density at radius 3 is 2.84 bits per heavy atom. The van der Waals surface area contributed by atoms with Crippen LogP contribution in [0.3, 0.4) is 0 Å². The average Bonchev–Trinajstić information content (AvgIpc) is 2.37. The highest BCUT2D eigenvalue weighted by molar-refractivity contribution is 5.87. The normalized spacial score (nSPS) is 12.4. The van der Waals surface area contributed by atoms with E-state index in [0.29, 0.717) is 13.0 Å². The van der Waals surface area contributed by atoms with Crippen LogP contribution >= 0.6 is 0 Å². The Morgan fingerprint density at radius 1 is 1.53 bits per heavy atom. The van der Waals surface area contributed by atoms with Crippen molar-refractivity contribution < 1.29 is 24.1 Å². The van der Waals surface area contributed by atoms with Crippen LogP contribution in [0, 0.1) is 5.82 Å². The summed E-state index contributed by atoms with van der Waals surface area (Å²) in [6, 6.07) is 3.55. The third-order valence-electron chi connectivity index (χ3n) is 2.72. The number of hydrogen-bond acceptors (Lipinski definition) is 4. The fourth-order valence-electron chi connectivity index (χ4n) is 1.70. The summed E-state index contributed by atoms with van der Waals surface area (Å²) in [5, 5.41) is 20.8. The number of nitrogens with one attached hydrogen (secondary N) is 1. The minimum Gasteiger partial charge on any atom is -0.478 e. The van der Waals surface area contributed by atoms with E-state index in [1.165, 1.54) is 19.2 Å². The van der Waals surface area contributed by atoms with Gasteiger partial charge in [0.2, 0.25) is 0 Å². The van der Waals surface area contributed by atoms with Gasteiger partial charge in [0.05, 0.1) is 12.2 Å². The molecule has 6 heteroatoms. The molecule has 0 aliphatic heterocycles. The van der Waals surface area contributed by atoms with Crippen molar-refractivity contribution in [1.82, 2.24) is 5.32 Å². The van der Waals surface area contributed by atoms with Crippen molar-refractivity contribution in [2.24, 2.45) is 0 Å². The van der Waals surface area contributed by atoms with Gasteiger partial charge < -0.3 is 20.3 Å². The van der Waals surface area contributed by atoms with Gasteiger partial charge in [0, 0.05) is 31.9 Å². The van der Waals surface area contributed by atoms with E-state index in [2.05, 4.69) is 5.32 Å². The topological polar surface area (TPSA) is 78.8 Å². The number of carboxylic acids is 1. The van der Waals surface area contributed by atoms with Crippen LogP contribution in [0.15, 0.2) is 18.2 Å². The maximum Gasteiger partial charge on any atom is 0.335 e. The molecule has 0 radical (unpaired) electrons. The van der Waals surface area contributed by atoms with Gasteiger partial charge in [0.1, 0.15) is 5.82 Å². The second-order valence-corrected chi connectivity index (χ2v) is 4.16. The van der Waals surface area contributed by atoms with E-state index in [1.807, 2.05) is 0 Å². The zero-order valence-corrected chi connectivity index (χ0v) is 10.7. The summed E-state index contributed by atoms with van der Waals surface area (Å²) in [5.74, 6) is -1.55. The second-order valence-electron chi connectivity index (χ2n) is 4.16. The Kier molecular flexibility index (Phi) is 6.41. The maximum atomic E-state index is 13.5. The van der Waals surface area contributed by atoms with Crippen LogP contribution in [0.5, 0.6) is 0 Å². The number of carbonyl (C=O) groups is 1. The third-order valence-corrected chi connectivity index (χ3v) is 2.72. The summed E-state index contributed by atoms with van der Waals surface area (Å²) in [7, 11) is 1.54. The molecule has 1 aromatic carbocycles. The van der Waals surface area contributed by atoms with Crippen molar-refractivity contribution in [2.45, 2.75) is 19.0 Å². The molecule has 5 nitrogen and oxygen atoms in total. The molecule has 0 bridgehead atoms. The molecule has 0 amide bonds. The number of hydrogen-bond donors (Lipinski definition) is 3. The van der Waals surface area contributed by atoms with Crippen molar-refractivity contribution in [2.75, 3.05) is 20.3 Å². The number of aliphatic hydroxyl groups excluding tert-OH is 1. The molecule has 3 N–H and O–H groups in total. The summed E-state index contributed by atoms with van der Waals surface area (Å²) < 4.78 is 18.5. The molecule has 1 unspecified atom stereocenters. The smallest absolute Gasteiger partial charge is 0.335 e. The Hall–Kier alpha value is -1.50. The molecule has 0 aromatic heterocycles. The van der Waals surface area contributed by atoms with Crippen LogP contribution in [0.2, 0.25) is 0 Å². The number of ether oxygens (including phenoxy) is 1. The minimum atomic E-state index is -1.09. The zero-order chi connectivity index (χ0) is 14.3. The van der Waals surface area contributed by atoms with Crippen molar-refractivity contribution >= 4 is 5.97 Å². The highest BCUT2D eigenvalue weighted by Gasteiger charge is 2.11. The van der Waals surface area contributed by atoms with Gasteiger partial charge in [-0.05, 0) is 24.6 Å². The molecular weight excluding hydrogens is 253 g/mol. The van der Waals surface area contributed by atoms with E-state index in [-0.39, 0.29) is 30.3 Å². The van der Waals surface area contributed by atoms with Crippen molar-refractivity contribution in [3.63, 3.8) is 0 Å². The number of benzene rings is 1. The highest BCUT2D eigenvalue weighted by Crippen LogP contribution is 2.11. The van der Waals surface area contributed by atoms with Gasteiger partial charge in [-0.1, -0.05) is 0 Å². The van der Waals surface area contributed by atoms with Crippen LogP contribution in [0.1, 0.15) is 22.3 Å². The van der Waals surface area contributed by atoms with E-state index >= 15 is 0 Å². The number of aliphatic hydroxyl groups is 1. The lowest BCUT2D eigenvalue weighted by molar-refractivity contribution is 0.0696. The summed E-state index contributed by atoms with van der Waals surface area (Å²) in [5.41, 5.74) is 0.322. The van der Waals surface area contributed by atoms with Crippen molar-refractivity contribution in [3.05, 3.63) is 35.1 Å². The molecule has 1 atom stereocenters. The average molecular weight is 271 g/mol. The van der Waals surface area contributed by atoms with Crippen molar-refractivity contribution in [1.29, 1.82) is 0 Å². The molecule has 1 rings (SSSR count). The molecule has 106 valence electrons. The monoisotopic (exact) mass is 271 g/mol. The van der Waals surface area contributed by atoms with Crippen LogP contribution < -0.4 is 5.32 Å². The number of rotatable bonds is 8. The minimum absolute atomic E-state index is 0.00132. The van der Waals surface area contributed by atoms with E-state index in [1.54, 1.807) is 0 Å². The van der Waals surface area contributed by atoms with Gasteiger partial charge >= 0.3 is 5.97 Å². The predicted molar refractivity (Wildman–Crippen MR) is 67.6 cm³/mol. The van der Waals surface area contributed by atoms with E-state index < -0.39 is 11.8 Å². The number of methoxy groups -OCH3 is 1. The van der Waals surface area contributed by atoms with Gasteiger partial charge in [-0.2, -0.15) is 0 Å². The van der Waals surface area contributed by atoms with E-state index in [4.69, 9.17) is 14.9 Å². The summed E-state index contributed by atoms with van der Waals surface area (Å²) in [6.45, 7) is 0.570. The van der Waals surface area contributed by atoms with Crippen LogP contribution in [0.4, 0.5) is 4.39 Å². The zero-order valence-electron chi connectivity index (χ0n) is 10.7. The quantitative estimate of drug-likeness (QED) is 0.657. The molecule has 0 heterocycles. The van der Waals surface area contributed by atoms with Crippen LogP contribution in [-0.2, 0) is 11.3 Å². The van der Waals surface area contributed by atoms with Gasteiger partial charge in [0.15, 0.2) is 0 Å². The Morgan fingerprint density at radius 2 is 2.26 bits per heavy atom. The second kappa shape index (κ2) is 7.83. The molecule has 1 aromatic rings. The SMILES string of the molecule is COCC(CCO)NCc1cc(C(=O)O)ccc1F. The Balaban J connectivity index is 2.69. The Labute approximate surface area is 111 Å². The predicted octanol–water partition coefficient (Wildman–Crippen LogP) is 1.01. The van der Waals surface area contributed by atoms with Gasteiger partial charge in [0.25, 0.3) is 0 Å². The van der Waals surface area contributed by atoms with Crippen molar-refractivity contribution in [3.8, 4) is 0 Å². The molecule has 0 aliphatic rings.